The van der Waals surface area contributed by atoms with Crippen molar-refractivity contribution in [2.45, 2.75) is 44.1 Å². The Bertz CT molecular complexity index is 674. The highest BCUT2D eigenvalue weighted by Gasteiger charge is 2.50. The van der Waals surface area contributed by atoms with Crippen LogP contribution in [0.3, 0.4) is 0 Å². The summed E-state index contributed by atoms with van der Waals surface area (Å²) in [6.45, 7) is 0.295. The summed E-state index contributed by atoms with van der Waals surface area (Å²) in [7, 11) is 0. The number of carbonyl (C=O) groups excluding carboxylic acids is 1. The van der Waals surface area contributed by atoms with E-state index in [9.17, 15) is 4.79 Å². The van der Waals surface area contributed by atoms with Gasteiger partial charge < -0.3 is 10.6 Å². The van der Waals surface area contributed by atoms with Crippen LogP contribution in [0, 0.1) is 29.1 Å². The first-order valence-corrected chi connectivity index (χ1v) is 9.17. The minimum absolute atomic E-state index is 0.107. The van der Waals surface area contributed by atoms with Crippen LogP contribution in [0.2, 0.25) is 5.02 Å². The maximum atomic E-state index is 12.4. The van der Waals surface area contributed by atoms with Crippen molar-refractivity contribution in [2.75, 3.05) is 11.9 Å². The molecule has 0 radical (unpaired) electrons. The third-order valence-electron chi connectivity index (χ3n) is 6.04. The Morgan fingerprint density at radius 3 is 2.42 bits per heavy atom. The van der Waals surface area contributed by atoms with Crippen LogP contribution < -0.4 is 10.6 Å². The van der Waals surface area contributed by atoms with Gasteiger partial charge in [-0.3, -0.25) is 4.79 Å². The average molecular weight is 344 g/mol. The molecule has 126 valence electrons. The van der Waals surface area contributed by atoms with E-state index in [-0.39, 0.29) is 11.4 Å². The summed E-state index contributed by atoms with van der Waals surface area (Å²) in [6, 6.07) is 7.00. The number of nitrogens with zero attached hydrogens (tertiary/aromatic N) is 1. The maximum absolute atomic E-state index is 12.4. The van der Waals surface area contributed by atoms with Gasteiger partial charge in [0.05, 0.1) is 17.8 Å². The number of hydrogen-bond donors (Lipinski definition) is 2. The lowest BCUT2D eigenvalue weighted by Crippen LogP contribution is -2.59. The number of benzene rings is 1. The zero-order chi connectivity index (χ0) is 16.7. The van der Waals surface area contributed by atoms with Crippen molar-refractivity contribution in [1.29, 1.82) is 5.26 Å². The molecule has 1 amide bonds. The number of nitriles is 1. The van der Waals surface area contributed by atoms with Crippen LogP contribution in [0.25, 0.3) is 0 Å². The largest absolute Gasteiger partial charge is 0.324 e. The van der Waals surface area contributed by atoms with Crippen molar-refractivity contribution in [1.82, 2.24) is 5.32 Å². The van der Waals surface area contributed by atoms with Crippen LogP contribution in [0.4, 0.5) is 5.69 Å². The average Bonchev–Trinajstić information content (AvgIpc) is 2.52. The predicted octanol–water partition coefficient (Wildman–Crippen LogP) is 3.71. The summed E-state index contributed by atoms with van der Waals surface area (Å²) in [6.07, 6.45) is 7.82. The summed E-state index contributed by atoms with van der Waals surface area (Å²) in [5, 5.41) is 16.1. The standard InChI is InChI=1S/C19H22ClN3O/c20-16-2-1-15(10-21)17(6-16)23-18(24)11-22-19-7-12-3-13(8-19)5-14(4-12)9-19/h1-2,6,12-14,22H,3-5,7-9,11H2,(H,23,24). The molecule has 24 heavy (non-hydrogen) atoms. The van der Waals surface area contributed by atoms with E-state index in [0.717, 1.165) is 17.8 Å². The number of amides is 1. The van der Waals surface area contributed by atoms with Gasteiger partial charge >= 0.3 is 0 Å². The van der Waals surface area contributed by atoms with E-state index in [4.69, 9.17) is 16.9 Å². The number of anilines is 1. The third kappa shape index (κ3) is 3.03. The molecule has 0 heterocycles. The SMILES string of the molecule is N#Cc1ccc(Cl)cc1NC(=O)CNC12CC3CC(CC(C3)C1)C2. The second-order valence-electron chi connectivity index (χ2n) is 7.90. The molecule has 4 saturated carbocycles. The van der Waals surface area contributed by atoms with Gasteiger partial charge in [0.2, 0.25) is 5.91 Å². The number of nitrogens with one attached hydrogen (secondary N) is 2. The molecule has 1 aromatic carbocycles. The summed E-state index contributed by atoms with van der Waals surface area (Å²) in [5.74, 6) is 2.45. The smallest absolute Gasteiger partial charge is 0.238 e. The van der Waals surface area contributed by atoms with Crippen molar-refractivity contribution >= 4 is 23.2 Å². The summed E-state index contributed by atoms with van der Waals surface area (Å²) in [4.78, 5) is 12.4. The van der Waals surface area contributed by atoms with E-state index < -0.39 is 0 Å². The van der Waals surface area contributed by atoms with Crippen molar-refractivity contribution in [3.05, 3.63) is 28.8 Å². The Morgan fingerprint density at radius 1 is 1.21 bits per heavy atom. The molecule has 4 bridgehead atoms. The van der Waals surface area contributed by atoms with Gasteiger partial charge in [-0.25, -0.2) is 0 Å². The second-order valence-corrected chi connectivity index (χ2v) is 8.34. The topological polar surface area (TPSA) is 64.9 Å². The Hall–Kier alpha value is -1.57. The fourth-order valence-corrected chi connectivity index (χ4v) is 5.68. The van der Waals surface area contributed by atoms with Crippen LogP contribution in [0.5, 0.6) is 0 Å². The van der Waals surface area contributed by atoms with Crippen LogP contribution in [-0.4, -0.2) is 18.0 Å². The Balaban J connectivity index is 1.39. The third-order valence-corrected chi connectivity index (χ3v) is 6.27. The van der Waals surface area contributed by atoms with E-state index >= 15 is 0 Å². The van der Waals surface area contributed by atoms with Gasteiger partial charge in [0.15, 0.2) is 0 Å². The highest BCUT2D eigenvalue weighted by Crippen LogP contribution is 2.55. The first-order valence-electron chi connectivity index (χ1n) is 8.80. The van der Waals surface area contributed by atoms with Gasteiger partial charge in [0.25, 0.3) is 0 Å². The molecule has 4 aliphatic rings. The molecule has 0 unspecified atom stereocenters. The zero-order valence-electron chi connectivity index (χ0n) is 13.6. The molecule has 4 nitrogen and oxygen atoms in total. The molecule has 0 aliphatic heterocycles. The lowest BCUT2D eigenvalue weighted by molar-refractivity contribution is -0.116. The molecule has 2 N–H and O–H groups in total. The molecule has 0 spiro atoms. The normalized spacial score (nSPS) is 33.2. The minimum atomic E-state index is -0.107. The Morgan fingerprint density at radius 2 is 1.83 bits per heavy atom. The first kappa shape index (κ1) is 15.9. The first-order chi connectivity index (χ1) is 11.5. The van der Waals surface area contributed by atoms with E-state index in [1.165, 1.54) is 38.5 Å². The van der Waals surface area contributed by atoms with Crippen LogP contribution in [0.1, 0.15) is 44.1 Å². The maximum Gasteiger partial charge on any atom is 0.238 e. The van der Waals surface area contributed by atoms with E-state index in [2.05, 4.69) is 16.7 Å². The molecule has 4 aliphatic carbocycles. The minimum Gasteiger partial charge on any atom is -0.324 e. The predicted molar refractivity (Wildman–Crippen MR) is 93.7 cm³/mol. The van der Waals surface area contributed by atoms with E-state index in [1.807, 2.05) is 0 Å². The second kappa shape index (κ2) is 6.06. The molecule has 1 aromatic rings. The molecule has 4 fully saturated rings. The molecule has 5 rings (SSSR count). The molecule has 0 saturated heterocycles. The lowest BCUT2D eigenvalue weighted by Gasteiger charge is -2.57. The lowest BCUT2D eigenvalue weighted by atomic mass is 9.53. The van der Waals surface area contributed by atoms with Crippen molar-refractivity contribution in [3.8, 4) is 6.07 Å². The van der Waals surface area contributed by atoms with Gasteiger partial charge in [0, 0.05) is 10.6 Å². The molecular formula is C19H22ClN3O. The zero-order valence-corrected chi connectivity index (χ0v) is 14.4. The highest BCUT2D eigenvalue weighted by molar-refractivity contribution is 6.31. The fraction of sp³-hybridized carbons (Fsp3) is 0.579. The monoisotopic (exact) mass is 343 g/mol. The summed E-state index contributed by atoms with van der Waals surface area (Å²) < 4.78 is 0. The van der Waals surface area contributed by atoms with Gasteiger partial charge in [-0.05, 0) is 74.5 Å². The van der Waals surface area contributed by atoms with E-state index in [0.29, 0.717) is 22.8 Å². The van der Waals surface area contributed by atoms with Crippen LogP contribution >= 0.6 is 11.6 Å². The molecule has 0 atom stereocenters. The number of rotatable bonds is 4. The number of carbonyl (C=O) groups is 1. The van der Waals surface area contributed by atoms with Crippen molar-refractivity contribution < 1.29 is 4.79 Å². The Kier molecular flexibility index (Phi) is 4.02. The van der Waals surface area contributed by atoms with Gasteiger partial charge in [-0.1, -0.05) is 11.6 Å². The number of halogens is 1. The molecule has 5 heteroatoms. The van der Waals surface area contributed by atoms with Gasteiger partial charge in [0.1, 0.15) is 6.07 Å². The quantitative estimate of drug-likeness (QED) is 0.875. The van der Waals surface area contributed by atoms with Crippen molar-refractivity contribution in [3.63, 3.8) is 0 Å². The summed E-state index contributed by atoms with van der Waals surface area (Å²) >= 11 is 5.97. The van der Waals surface area contributed by atoms with Crippen LogP contribution in [0.15, 0.2) is 18.2 Å². The summed E-state index contributed by atoms with van der Waals surface area (Å²) in [5.41, 5.74) is 1.09. The molecular weight excluding hydrogens is 322 g/mol. The van der Waals surface area contributed by atoms with Crippen molar-refractivity contribution in [2.24, 2.45) is 17.8 Å². The number of hydrogen-bond acceptors (Lipinski definition) is 3. The van der Waals surface area contributed by atoms with E-state index in [1.54, 1.807) is 18.2 Å². The molecule has 0 aromatic heterocycles. The fourth-order valence-electron chi connectivity index (χ4n) is 5.51. The Labute approximate surface area is 147 Å². The van der Waals surface area contributed by atoms with Gasteiger partial charge in [-0.15, -0.1) is 0 Å². The van der Waals surface area contributed by atoms with Crippen LogP contribution in [-0.2, 0) is 4.79 Å². The highest BCUT2D eigenvalue weighted by atomic mass is 35.5. The van der Waals surface area contributed by atoms with Gasteiger partial charge in [-0.2, -0.15) is 5.26 Å².